The van der Waals surface area contributed by atoms with Crippen LogP contribution in [0.15, 0.2) is 36.4 Å². The molecule has 0 saturated carbocycles. The van der Waals surface area contributed by atoms with E-state index in [0.29, 0.717) is 5.75 Å². The van der Waals surface area contributed by atoms with Crippen LogP contribution in [-0.2, 0) is 9.59 Å². The Hall–Kier alpha value is -3.42. The van der Waals surface area contributed by atoms with Gasteiger partial charge in [0.25, 0.3) is 11.6 Å². The fourth-order valence-electron chi connectivity index (χ4n) is 2.95. The van der Waals surface area contributed by atoms with Crippen LogP contribution in [0.2, 0.25) is 0 Å². The molecule has 0 aromatic heterocycles. The molecule has 1 aliphatic rings. The maximum atomic E-state index is 12.8. The van der Waals surface area contributed by atoms with Gasteiger partial charge in [0.15, 0.2) is 6.61 Å². The van der Waals surface area contributed by atoms with Crippen molar-refractivity contribution in [2.45, 2.75) is 13.8 Å². The molecular formula is C19H19N3O5. The third-order valence-electron chi connectivity index (χ3n) is 4.70. The highest BCUT2D eigenvalue weighted by atomic mass is 16.6. The van der Waals surface area contributed by atoms with Gasteiger partial charge in [-0.1, -0.05) is 12.1 Å². The van der Waals surface area contributed by atoms with Crippen LogP contribution in [0.4, 0.5) is 17.1 Å². The summed E-state index contributed by atoms with van der Waals surface area (Å²) >= 11 is 0. The monoisotopic (exact) mass is 369 g/mol. The van der Waals surface area contributed by atoms with E-state index in [1.807, 2.05) is 32.0 Å². The van der Waals surface area contributed by atoms with Gasteiger partial charge in [0.05, 0.1) is 10.6 Å². The molecule has 8 nitrogen and oxygen atoms in total. The first-order chi connectivity index (χ1) is 12.8. The van der Waals surface area contributed by atoms with Crippen LogP contribution < -0.4 is 14.5 Å². The number of non-ortho nitro benzene ring substituents is 1. The lowest BCUT2D eigenvalue weighted by Gasteiger charge is -2.30. The number of hydrogen-bond donors (Lipinski definition) is 0. The topological polar surface area (TPSA) is 93.0 Å². The number of carbonyl (C=O) groups excluding carboxylic acids is 2. The number of anilines is 2. The maximum absolute atomic E-state index is 12.8. The summed E-state index contributed by atoms with van der Waals surface area (Å²) in [4.78, 5) is 38.3. The molecule has 2 amide bonds. The van der Waals surface area contributed by atoms with Crippen molar-refractivity contribution in [1.29, 1.82) is 0 Å². The molecule has 0 atom stereocenters. The van der Waals surface area contributed by atoms with E-state index in [-0.39, 0.29) is 30.4 Å². The van der Waals surface area contributed by atoms with Crippen LogP contribution >= 0.6 is 0 Å². The second-order valence-electron chi connectivity index (χ2n) is 6.35. The minimum absolute atomic E-state index is 0.174. The second kappa shape index (κ2) is 7.06. The van der Waals surface area contributed by atoms with Gasteiger partial charge in [-0.3, -0.25) is 24.6 Å². The number of nitro benzene ring substituents is 1. The first-order valence-corrected chi connectivity index (χ1v) is 8.34. The Balaban J connectivity index is 1.90. The Kier molecular flexibility index (Phi) is 4.81. The summed E-state index contributed by atoms with van der Waals surface area (Å²) in [6, 6.07) is 9.64. The van der Waals surface area contributed by atoms with Crippen molar-refractivity contribution in [1.82, 2.24) is 0 Å². The van der Waals surface area contributed by atoms with E-state index >= 15 is 0 Å². The molecule has 1 heterocycles. The predicted octanol–water partition coefficient (Wildman–Crippen LogP) is 2.60. The SMILES string of the molecule is Cc1cccc(N(C)C(=O)CN2C(=O)COc3ccc([N+](=O)[O-])cc32)c1C. The molecule has 8 heteroatoms. The van der Waals surface area contributed by atoms with Crippen LogP contribution in [-0.4, -0.2) is 36.9 Å². The van der Waals surface area contributed by atoms with E-state index in [4.69, 9.17) is 4.74 Å². The van der Waals surface area contributed by atoms with Gasteiger partial charge in [-0.15, -0.1) is 0 Å². The molecule has 2 aromatic carbocycles. The summed E-state index contributed by atoms with van der Waals surface area (Å²) in [5.41, 5.74) is 2.82. The van der Waals surface area contributed by atoms with E-state index in [9.17, 15) is 19.7 Å². The molecule has 0 fully saturated rings. The fraction of sp³-hybridized carbons (Fsp3) is 0.263. The number of nitrogens with zero attached hydrogens (tertiary/aromatic N) is 3. The zero-order valence-electron chi connectivity index (χ0n) is 15.3. The third-order valence-corrected chi connectivity index (χ3v) is 4.70. The Morgan fingerprint density at radius 3 is 2.74 bits per heavy atom. The van der Waals surface area contributed by atoms with Gasteiger partial charge >= 0.3 is 0 Å². The van der Waals surface area contributed by atoms with E-state index in [1.54, 1.807) is 7.05 Å². The van der Waals surface area contributed by atoms with Gasteiger partial charge < -0.3 is 9.64 Å². The smallest absolute Gasteiger partial charge is 0.271 e. The van der Waals surface area contributed by atoms with Gasteiger partial charge in [0, 0.05) is 24.9 Å². The summed E-state index contributed by atoms with van der Waals surface area (Å²) in [5, 5.41) is 11.0. The lowest BCUT2D eigenvalue weighted by molar-refractivity contribution is -0.384. The highest BCUT2D eigenvalue weighted by Gasteiger charge is 2.30. The number of carbonyl (C=O) groups is 2. The van der Waals surface area contributed by atoms with Gasteiger partial charge in [0.1, 0.15) is 12.3 Å². The first-order valence-electron chi connectivity index (χ1n) is 8.34. The molecular weight excluding hydrogens is 350 g/mol. The number of nitro groups is 1. The molecule has 3 rings (SSSR count). The Morgan fingerprint density at radius 2 is 2.04 bits per heavy atom. The summed E-state index contributed by atoms with van der Waals surface area (Å²) in [6.45, 7) is 3.43. The molecule has 0 unspecified atom stereocenters. The average Bonchev–Trinajstić information content (AvgIpc) is 2.65. The van der Waals surface area contributed by atoms with Crippen LogP contribution in [0.25, 0.3) is 0 Å². The van der Waals surface area contributed by atoms with Crippen molar-refractivity contribution in [2.75, 3.05) is 30.0 Å². The van der Waals surface area contributed by atoms with Crippen molar-refractivity contribution in [3.05, 3.63) is 57.6 Å². The first kappa shape index (κ1) is 18.4. The highest BCUT2D eigenvalue weighted by molar-refractivity contribution is 6.06. The summed E-state index contributed by atoms with van der Waals surface area (Å²) in [6.07, 6.45) is 0. The Morgan fingerprint density at radius 1 is 1.30 bits per heavy atom. The number of hydrogen-bond acceptors (Lipinski definition) is 5. The molecule has 0 bridgehead atoms. The number of amides is 2. The normalized spacial score (nSPS) is 13.0. The van der Waals surface area contributed by atoms with E-state index in [1.165, 1.54) is 28.0 Å². The van der Waals surface area contributed by atoms with Gasteiger partial charge in [-0.2, -0.15) is 0 Å². The molecule has 27 heavy (non-hydrogen) atoms. The highest BCUT2D eigenvalue weighted by Crippen LogP contribution is 2.35. The van der Waals surface area contributed by atoms with Crippen molar-refractivity contribution in [2.24, 2.45) is 0 Å². The van der Waals surface area contributed by atoms with Crippen molar-refractivity contribution in [3.8, 4) is 5.75 Å². The van der Waals surface area contributed by atoms with Crippen LogP contribution in [0.5, 0.6) is 5.75 Å². The number of ether oxygens (including phenoxy) is 1. The minimum Gasteiger partial charge on any atom is -0.482 e. The minimum atomic E-state index is -0.554. The number of benzene rings is 2. The maximum Gasteiger partial charge on any atom is 0.271 e. The number of rotatable bonds is 4. The lowest BCUT2D eigenvalue weighted by Crippen LogP contribution is -2.45. The molecule has 0 N–H and O–H groups in total. The van der Waals surface area contributed by atoms with E-state index in [0.717, 1.165) is 16.8 Å². The predicted molar refractivity (Wildman–Crippen MR) is 100 cm³/mol. The lowest BCUT2D eigenvalue weighted by atomic mass is 10.1. The van der Waals surface area contributed by atoms with Crippen LogP contribution in [0.3, 0.4) is 0 Å². The largest absolute Gasteiger partial charge is 0.482 e. The van der Waals surface area contributed by atoms with Crippen LogP contribution in [0, 0.1) is 24.0 Å². The van der Waals surface area contributed by atoms with Crippen molar-refractivity contribution in [3.63, 3.8) is 0 Å². The molecule has 0 saturated heterocycles. The van der Waals surface area contributed by atoms with E-state index < -0.39 is 10.8 Å². The summed E-state index contributed by atoms with van der Waals surface area (Å²) in [7, 11) is 1.64. The van der Waals surface area contributed by atoms with E-state index in [2.05, 4.69) is 0 Å². The fourth-order valence-corrected chi connectivity index (χ4v) is 2.95. The quantitative estimate of drug-likeness (QED) is 0.610. The standard InChI is InChI=1S/C19H19N3O5/c1-12-5-4-6-15(13(12)2)20(3)18(23)10-21-16-9-14(22(25)26)7-8-17(16)27-11-19(21)24/h4-9H,10-11H2,1-3H3. The number of fused-ring (bicyclic) bond motifs is 1. The summed E-state index contributed by atoms with van der Waals surface area (Å²) in [5.74, 6) is -0.399. The Labute approximate surface area is 156 Å². The zero-order chi connectivity index (χ0) is 19.7. The molecule has 2 aromatic rings. The van der Waals surface area contributed by atoms with Gasteiger partial charge in [-0.05, 0) is 37.1 Å². The van der Waals surface area contributed by atoms with Gasteiger partial charge in [0.2, 0.25) is 5.91 Å². The van der Waals surface area contributed by atoms with Crippen molar-refractivity contribution >= 4 is 28.9 Å². The molecule has 140 valence electrons. The molecule has 0 aliphatic carbocycles. The zero-order valence-corrected chi connectivity index (χ0v) is 15.3. The van der Waals surface area contributed by atoms with Crippen molar-refractivity contribution < 1.29 is 19.2 Å². The molecule has 1 aliphatic heterocycles. The third kappa shape index (κ3) is 3.46. The molecule has 0 radical (unpaired) electrons. The Bertz CT molecular complexity index is 941. The second-order valence-corrected chi connectivity index (χ2v) is 6.35. The van der Waals surface area contributed by atoms with Gasteiger partial charge in [-0.25, -0.2) is 0 Å². The number of likely N-dealkylation sites (N-methyl/N-ethyl adjacent to an activating group) is 1. The van der Waals surface area contributed by atoms with Crippen LogP contribution in [0.1, 0.15) is 11.1 Å². The summed E-state index contributed by atoms with van der Waals surface area (Å²) < 4.78 is 5.32. The molecule has 0 spiro atoms. The average molecular weight is 369 g/mol. The number of aryl methyl sites for hydroxylation is 1.